The van der Waals surface area contributed by atoms with Crippen LogP contribution in [-0.2, 0) is 6.61 Å². The monoisotopic (exact) mass is 332 g/mol. The van der Waals surface area contributed by atoms with Crippen molar-refractivity contribution < 1.29 is 9.47 Å². The smallest absolute Gasteiger partial charge is 0.156 e. The first-order chi connectivity index (χ1) is 9.65. The minimum absolute atomic E-state index is 0.325. The molecule has 0 aliphatic heterocycles. The number of methoxy groups -OCH3 is 1. The van der Waals surface area contributed by atoms with Gasteiger partial charge in [-0.25, -0.2) is 0 Å². The molecule has 0 saturated heterocycles. The number of halogens is 1. The van der Waals surface area contributed by atoms with Gasteiger partial charge in [-0.2, -0.15) is 5.26 Å². The second-order valence-corrected chi connectivity index (χ2v) is 4.95. The second-order valence-electron chi connectivity index (χ2n) is 4.09. The van der Waals surface area contributed by atoms with E-state index in [4.69, 9.17) is 20.5 Å². The molecule has 2 aromatic rings. The summed E-state index contributed by atoms with van der Waals surface area (Å²) in [6.07, 6.45) is 0. The number of nitrogens with zero attached hydrogens (tertiary/aromatic N) is 1. The van der Waals surface area contributed by atoms with Gasteiger partial charge in [-0.3, -0.25) is 0 Å². The summed E-state index contributed by atoms with van der Waals surface area (Å²) in [5.41, 5.74) is 7.78. The Hall–Kier alpha value is -2.19. The van der Waals surface area contributed by atoms with Gasteiger partial charge in [0.1, 0.15) is 18.4 Å². The van der Waals surface area contributed by atoms with Crippen molar-refractivity contribution in [3.05, 3.63) is 52.0 Å². The SMILES string of the molecule is COc1ccc(COc2c(N)cccc2Br)cc1C#N. The van der Waals surface area contributed by atoms with Gasteiger partial charge in [-0.1, -0.05) is 12.1 Å². The molecular weight excluding hydrogens is 320 g/mol. The molecule has 2 N–H and O–H groups in total. The largest absolute Gasteiger partial charge is 0.495 e. The molecule has 0 heterocycles. The lowest BCUT2D eigenvalue weighted by molar-refractivity contribution is 0.305. The molecule has 4 nitrogen and oxygen atoms in total. The predicted molar refractivity (Wildman–Crippen MR) is 80.6 cm³/mol. The molecule has 0 fully saturated rings. The molecule has 2 aromatic carbocycles. The lowest BCUT2D eigenvalue weighted by atomic mass is 10.1. The number of nitriles is 1. The van der Waals surface area contributed by atoms with E-state index in [1.807, 2.05) is 18.2 Å². The quantitative estimate of drug-likeness (QED) is 0.870. The van der Waals surface area contributed by atoms with Gasteiger partial charge in [0.15, 0.2) is 5.75 Å². The Balaban J connectivity index is 2.18. The molecule has 0 aromatic heterocycles. The first-order valence-corrected chi connectivity index (χ1v) is 6.69. The molecule has 20 heavy (non-hydrogen) atoms. The number of hydrogen-bond donors (Lipinski definition) is 1. The summed E-state index contributed by atoms with van der Waals surface area (Å²) in [6.45, 7) is 0.325. The topological polar surface area (TPSA) is 68.3 Å². The summed E-state index contributed by atoms with van der Waals surface area (Å²) in [5.74, 6) is 1.15. The van der Waals surface area contributed by atoms with Crippen molar-refractivity contribution in [1.29, 1.82) is 5.26 Å². The van der Waals surface area contributed by atoms with Gasteiger partial charge in [-0.05, 0) is 45.8 Å². The molecule has 0 amide bonds. The fourth-order valence-electron chi connectivity index (χ4n) is 1.77. The summed E-state index contributed by atoms with van der Waals surface area (Å²) >= 11 is 3.39. The van der Waals surface area contributed by atoms with Crippen LogP contribution < -0.4 is 15.2 Å². The van der Waals surface area contributed by atoms with Crippen LogP contribution in [-0.4, -0.2) is 7.11 Å². The zero-order valence-electron chi connectivity index (χ0n) is 10.9. The van der Waals surface area contributed by atoms with Crippen molar-refractivity contribution in [2.75, 3.05) is 12.8 Å². The third-order valence-electron chi connectivity index (χ3n) is 2.76. The molecule has 5 heteroatoms. The van der Waals surface area contributed by atoms with Gasteiger partial charge < -0.3 is 15.2 Å². The third-order valence-corrected chi connectivity index (χ3v) is 3.39. The van der Waals surface area contributed by atoms with Crippen LogP contribution in [0.1, 0.15) is 11.1 Å². The maximum atomic E-state index is 9.05. The van der Waals surface area contributed by atoms with E-state index >= 15 is 0 Å². The van der Waals surface area contributed by atoms with Crippen molar-refractivity contribution in [2.45, 2.75) is 6.61 Å². The number of nitrogens with two attached hydrogens (primary N) is 1. The number of anilines is 1. The third kappa shape index (κ3) is 3.03. The van der Waals surface area contributed by atoms with Crippen molar-refractivity contribution in [1.82, 2.24) is 0 Å². The normalized spacial score (nSPS) is 9.85. The van der Waals surface area contributed by atoms with Crippen molar-refractivity contribution >= 4 is 21.6 Å². The first-order valence-electron chi connectivity index (χ1n) is 5.89. The Morgan fingerprint density at radius 2 is 2.10 bits per heavy atom. The van der Waals surface area contributed by atoms with E-state index < -0.39 is 0 Å². The summed E-state index contributed by atoms with van der Waals surface area (Å²) < 4.78 is 11.6. The Bertz CT molecular complexity index is 645. The van der Waals surface area contributed by atoms with Crippen LogP contribution in [0.4, 0.5) is 5.69 Å². The molecule has 102 valence electrons. The van der Waals surface area contributed by atoms with Crippen LogP contribution >= 0.6 is 15.9 Å². The maximum Gasteiger partial charge on any atom is 0.156 e. The number of ether oxygens (including phenoxy) is 2. The molecule has 0 aliphatic rings. The second kappa shape index (κ2) is 6.31. The van der Waals surface area contributed by atoms with E-state index in [1.54, 1.807) is 18.2 Å². The Labute approximate surface area is 125 Å². The van der Waals surface area contributed by atoms with Crippen LogP contribution in [0.15, 0.2) is 40.9 Å². The minimum atomic E-state index is 0.325. The Kier molecular flexibility index (Phi) is 4.49. The molecule has 0 radical (unpaired) electrons. The van der Waals surface area contributed by atoms with Crippen LogP contribution in [0.3, 0.4) is 0 Å². The van der Waals surface area contributed by atoms with Crippen molar-refractivity contribution in [3.8, 4) is 17.6 Å². The van der Waals surface area contributed by atoms with Gasteiger partial charge in [0.2, 0.25) is 0 Å². The highest BCUT2D eigenvalue weighted by atomic mass is 79.9. The summed E-state index contributed by atoms with van der Waals surface area (Å²) in [5, 5.41) is 9.05. The van der Waals surface area contributed by atoms with E-state index in [2.05, 4.69) is 22.0 Å². The average Bonchev–Trinajstić information content (AvgIpc) is 2.46. The average molecular weight is 333 g/mol. The molecule has 0 spiro atoms. The number of hydrogen-bond acceptors (Lipinski definition) is 4. The van der Waals surface area contributed by atoms with Crippen LogP contribution in [0.25, 0.3) is 0 Å². The van der Waals surface area contributed by atoms with E-state index in [1.165, 1.54) is 7.11 Å². The van der Waals surface area contributed by atoms with Gasteiger partial charge in [0.25, 0.3) is 0 Å². The number of rotatable bonds is 4. The van der Waals surface area contributed by atoms with E-state index in [-0.39, 0.29) is 0 Å². The highest BCUT2D eigenvalue weighted by molar-refractivity contribution is 9.10. The van der Waals surface area contributed by atoms with Gasteiger partial charge in [-0.15, -0.1) is 0 Å². The molecule has 0 bridgehead atoms. The fourth-order valence-corrected chi connectivity index (χ4v) is 2.26. The standard InChI is InChI=1S/C15H13BrN2O2/c1-19-14-6-5-10(7-11(14)8-17)9-20-15-12(16)3-2-4-13(15)18/h2-7H,9,18H2,1H3. The molecule has 0 aliphatic carbocycles. The Morgan fingerprint density at radius 1 is 1.30 bits per heavy atom. The van der Waals surface area contributed by atoms with Crippen molar-refractivity contribution in [3.63, 3.8) is 0 Å². The number of nitrogen functional groups attached to an aromatic ring is 1. The molecule has 0 unspecified atom stereocenters. The first kappa shape index (κ1) is 14.2. The van der Waals surface area contributed by atoms with E-state index in [9.17, 15) is 0 Å². The van der Waals surface area contributed by atoms with Gasteiger partial charge in [0.05, 0.1) is 22.8 Å². The zero-order valence-corrected chi connectivity index (χ0v) is 12.5. The molecule has 0 atom stereocenters. The highest BCUT2D eigenvalue weighted by Crippen LogP contribution is 2.31. The molecular formula is C15H13BrN2O2. The van der Waals surface area contributed by atoms with Crippen LogP contribution in [0, 0.1) is 11.3 Å². The molecule has 2 rings (SSSR count). The van der Waals surface area contributed by atoms with Gasteiger partial charge >= 0.3 is 0 Å². The summed E-state index contributed by atoms with van der Waals surface area (Å²) in [7, 11) is 1.54. The maximum absolute atomic E-state index is 9.05. The summed E-state index contributed by atoms with van der Waals surface area (Å²) in [6, 6.07) is 12.9. The van der Waals surface area contributed by atoms with E-state index in [0.29, 0.717) is 29.4 Å². The lowest BCUT2D eigenvalue weighted by Gasteiger charge is -2.11. The highest BCUT2D eigenvalue weighted by Gasteiger charge is 2.07. The Morgan fingerprint density at radius 3 is 2.75 bits per heavy atom. The number of para-hydroxylation sites is 1. The number of benzene rings is 2. The van der Waals surface area contributed by atoms with Crippen LogP contribution in [0.5, 0.6) is 11.5 Å². The van der Waals surface area contributed by atoms with Gasteiger partial charge in [0, 0.05) is 0 Å². The zero-order chi connectivity index (χ0) is 14.5. The van der Waals surface area contributed by atoms with E-state index in [0.717, 1.165) is 10.0 Å². The van der Waals surface area contributed by atoms with Crippen molar-refractivity contribution in [2.24, 2.45) is 0 Å². The summed E-state index contributed by atoms with van der Waals surface area (Å²) in [4.78, 5) is 0. The fraction of sp³-hybridized carbons (Fsp3) is 0.133. The lowest BCUT2D eigenvalue weighted by Crippen LogP contribution is -2.00. The predicted octanol–water partition coefficient (Wildman–Crippen LogP) is 3.49. The minimum Gasteiger partial charge on any atom is -0.495 e. The molecule has 0 saturated carbocycles. The van der Waals surface area contributed by atoms with Crippen LogP contribution in [0.2, 0.25) is 0 Å².